The van der Waals surface area contributed by atoms with Crippen LogP contribution >= 0.6 is 0 Å². The number of ether oxygens (including phenoxy) is 1. The van der Waals surface area contributed by atoms with E-state index in [1.54, 1.807) is 7.11 Å². The first-order chi connectivity index (χ1) is 9.15. The zero-order valence-electron chi connectivity index (χ0n) is 12.4. The molecule has 1 heterocycles. The maximum absolute atomic E-state index is 5.18. The molecular weight excluding hydrogens is 236 g/mol. The molecule has 1 aliphatic rings. The number of nitrogens with zero attached hydrogens (tertiary/aromatic N) is 1. The van der Waals surface area contributed by atoms with E-state index < -0.39 is 0 Å². The summed E-state index contributed by atoms with van der Waals surface area (Å²) in [6.07, 6.45) is 2.43. The van der Waals surface area contributed by atoms with Crippen molar-refractivity contribution in [3.63, 3.8) is 0 Å². The van der Waals surface area contributed by atoms with Crippen molar-refractivity contribution >= 4 is 0 Å². The van der Waals surface area contributed by atoms with Gasteiger partial charge in [0.15, 0.2) is 0 Å². The van der Waals surface area contributed by atoms with E-state index in [2.05, 4.69) is 29.3 Å². The van der Waals surface area contributed by atoms with Crippen molar-refractivity contribution in [2.75, 3.05) is 40.3 Å². The van der Waals surface area contributed by atoms with Gasteiger partial charge in [-0.2, -0.15) is 0 Å². The lowest BCUT2D eigenvalue weighted by Crippen LogP contribution is -2.33. The minimum absolute atomic E-state index is 0.453. The molecule has 3 heteroatoms. The Balaban J connectivity index is 1.80. The standard InChI is InChI=1S/C16H26N2O/c1-16(12-17-2)9-11-18(13-16)10-8-14-4-6-15(19-3)7-5-14/h4-7,17H,8-13H2,1-3H3. The Bertz CT molecular complexity index is 390. The summed E-state index contributed by atoms with van der Waals surface area (Å²) in [6, 6.07) is 8.43. The molecule has 1 aliphatic heterocycles. The molecule has 0 aromatic heterocycles. The van der Waals surface area contributed by atoms with E-state index in [0.717, 1.165) is 25.3 Å². The smallest absolute Gasteiger partial charge is 0.118 e. The quantitative estimate of drug-likeness (QED) is 0.850. The van der Waals surface area contributed by atoms with Crippen LogP contribution in [-0.4, -0.2) is 45.2 Å². The van der Waals surface area contributed by atoms with Gasteiger partial charge in [0, 0.05) is 19.6 Å². The van der Waals surface area contributed by atoms with Crippen molar-refractivity contribution in [1.29, 1.82) is 0 Å². The van der Waals surface area contributed by atoms with Crippen LogP contribution in [0, 0.1) is 5.41 Å². The number of likely N-dealkylation sites (tertiary alicyclic amines) is 1. The van der Waals surface area contributed by atoms with Crippen LogP contribution in [0.4, 0.5) is 0 Å². The molecule has 0 spiro atoms. The first-order valence-corrected chi connectivity index (χ1v) is 7.15. The molecular formula is C16H26N2O. The van der Waals surface area contributed by atoms with Crippen LogP contribution in [0.15, 0.2) is 24.3 Å². The van der Waals surface area contributed by atoms with Crippen LogP contribution < -0.4 is 10.1 Å². The van der Waals surface area contributed by atoms with E-state index in [0.29, 0.717) is 5.41 Å². The fraction of sp³-hybridized carbons (Fsp3) is 0.625. The number of methoxy groups -OCH3 is 1. The molecule has 0 bridgehead atoms. The molecule has 1 saturated heterocycles. The Morgan fingerprint density at radius 2 is 2.05 bits per heavy atom. The molecule has 1 fully saturated rings. The molecule has 1 atom stereocenters. The summed E-state index contributed by atoms with van der Waals surface area (Å²) >= 11 is 0. The van der Waals surface area contributed by atoms with Crippen LogP contribution in [-0.2, 0) is 6.42 Å². The molecule has 3 nitrogen and oxygen atoms in total. The van der Waals surface area contributed by atoms with Crippen molar-refractivity contribution < 1.29 is 4.74 Å². The third kappa shape index (κ3) is 3.95. The van der Waals surface area contributed by atoms with Crippen molar-refractivity contribution in [2.45, 2.75) is 19.8 Å². The number of rotatable bonds is 6. The monoisotopic (exact) mass is 262 g/mol. The third-order valence-electron chi connectivity index (χ3n) is 4.12. The summed E-state index contributed by atoms with van der Waals surface area (Å²) in [5.74, 6) is 0.937. The average molecular weight is 262 g/mol. The Kier molecular flexibility index (Phi) is 4.83. The van der Waals surface area contributed by atoms with Gasteiger partial charge in [0.25, 0.3) is 0 Å². The molecule has 0 saturated carbocycles. The lowest BCUT2D eigenvalue weighted by molar-refractivity contribution is 0.273. The maximum Gasteiger partial charge on any atom is 0.118 e. The molecule has 106 valence electrons. The predicted molar refractivity (Wildman–Crippen MR) is 79.8 cm³/mol. The highest BCUT2D eigenvalue weighted by Gasteiger charge is 2.32. The van der Waals surface area contributed by atoms with Crippen molar-refractivity contribution in [3.8, 4) is 5.75 Å². The fourth-order valence-electron chi connectivity index (χ4n) is 2.97. The van der Waals surface area contributed by atoms with Gasteiger partial charge in [-0.05, 0) is 49.5 Å². The van der Waals surface area contributed by atoms with Gasteiger partial charge in [-0.3, -0.25) is 0 Å². The molecule has 0 amide bonds. The van der Waals surface area contributed by atoms with E-state index in [-0.39, 0.29) is 0 Å². The minimum atomic E-state index is 0.453. The van der Waals surface area contributed by atoms with E-state index >= 15 is 0 Å². The first kappa shape index (κ1) is 14.4. The van der Waals surface area contributed by atoms with E-state index in [4.69, 9.17) is 4.74 Å². The second kappa shape index (κ2) is 6.40. The number of hydrogen-bond donors (Lipinski definition) is 1. The van der Waals surface area contributed by atoms with E-state index in [1.165, 1.54) is 25.1 Å². The molecule has 1 aromatic carbocycles. The third-order valence-corrected chi connectivity index (χ3v) is 4.12. The largest absolute Gasteiger partial charge is 0.497 e. The maximum atomic E-state index is 5.18. The summed E-state index contributed by atoms with van der Waals surface area (Å²) in [5.41, 5.74) is 1.84. The highest BCUT2D eigenvalue weighted by molar-refractivity contribution is 5.27. The first-order valence-electron chi connectivity index (χ1n) is 7.15. The predicted octanol–water partition coefficient (Wildman–Crippen LogP) is 2.17. The van der Waals surface area contributed by atoms with Gasteiger partial charge in [0.05, 0.1) is 7.11 Å². The Morgan fingerprint density at radius 3 is 2.68 bits per heavy atom. The van der Waals surface area contributed by atoms with E-state index in [1.807, 2.05) is 19.2 Å². The molecule has 2 rings (SSSR count). The highest BCUT2D eigenvalue weighted by Crippen LogP contribution is 2.29. The van der Waals surface area contributed by atoms with Crippen LogP contribution in [0.5, 0.6) is 5.75 Å². The zero-order valence-corrected chi connectivity index (χ0v) is 12.4. The lowest BCUT2D eigenvalue weighted by Gasteiger charge is -2.24. The average Bonchev–Trinajstić information content (AvgIpc) is 2.79. The normalized spacial score (nSPS) is 23.7. The summed E-state index contributed by atoms with van der Waals surface area (Å²) in [6.45, 7) is 7.10. The zero-order chi connectivity index (χ0) is 13.7. The van der Waals surface area contributed by atoms with Gasteiger partial charge in [-0.25, -0.2) is 0 Å². The minimum Gasteiger partial charge on any atom is -0.497 e. The van der Waals surface area contributed by atoms with Gasteiger partial charge < -0.3 is 15.0 Å². The SMILES string of the molecule is CNCC1(C)CCN(CCc2ccc(OC)cc2)C1. The Morgan fingerprint density at radius 1 is 1.32 bits per heavy atom. The molecule has 1 aromatic rings. The van der Waals surface area contributed by atoms with Crippen LogP contribution in [0.3, 0.4) is 0 Å². The fourth-order valence-corrected chi connectivity index (χ4v) is 2.97. The topological polar surface area (TPSA) is 24.5 Å². The van der Waals surface area contributed by atoms with Crippen molar-refractivity contribution in [3.05, 3.63) is 29.8 Å². The summed E-state index contributed by atoms with van der Waals surface area (Å²) in [5, 5.41) is 3.32. The Labute approximate surface area is 116 Å². The number of nitrogens with one attached hydrogen (secondary N) is 1. The van der Waals surface area contributed by atoms with Crippen molar-refractivity contribution in [1.82, 2.24) is 10.2 Å². The molecule has 1 unspecified atom stereocenters. The number of benzene rings is 1. The van der Waals surface area contributed by atoms with Gasteiger partial charge in [0.2, 0.25) is 0 Å². The van der Waals surface area contributed by atoms with Crippen LogP contribution in [0.2, 0.25) is 0 Å². The molecule has 1 N–H and O–H groups in total. The molecule has 19 heavy (non-hydrogen) atoms. The second-order valence-corrected chi connectivity index (χ2v) is 5.97. The van der Waals surface area contributed by atoms with Crippen LogP contribution in [0.25, 0.3) is 0 Å². The molecule has 0 aliphatic carbocycles. The number of hydrogen-bond acceptors (Lipinski definition) is 3. The van der Waals surface area contributed by atoms with Gasteiger partial charge >= 0.3 is 0 Å². The van der Waals surface area contributed by atoms with Gasteiger partial charge in [-0.1, -0.05) is 19.1 Å². The van der Waals surface area contributed by atoms with Crippen molar-refractivity contribution in [2.24, 2.45) is 5.41 Å². The van der Waals surface area contributed by atoms with Crippen LogP contribution in [0.1, 0.15) is 18.9 Å². The van der Waals surface area contributed by atoms with Gasteiger partial charge in [-0.15, -0.1) is 0 Å². The lowest BCUT2D eigenvalue weighted by atomic mass is 9.90. The summed E-state index contributed by atoms with van der Waals surface area (Å²) < 4.78 is 5.18. The molecule has 0 radical (unpaired) electrons. The summed E-state index contributed by atoms with van der Waals surface area (Å²) in [4.78, 5) is 2.58. The summed E-state index contributed by atoms with van der Waals surface area (Å²) in [7, 11) is 3.76. The Hall–Kier alpha value is -1.06. The van der Waals surface area contributed by atoms with Gasteiger partial charge in [0.1, 0.15) is 5.75 Å². The van der Waals surface area contributed by atoms with E-state index in [9.17, 15) is 0 Å². The highest BCUT2D eigenvalue weighted by atomic mass is 16.5. The second-order valence-electron chi connectivity index (χ2n) is 5.97.